The third kappa shape index (κ3) is 10.1. The van der Waals surface area contributed by atoms with Gasteiger partial charge in [-0.2, -0.15) is 0 Å². The van der Waals surface area contributed by atoms with Crippen LogP contribution >= 0.6 is 15.9 Å². The molecular weight excluding hydrogens is 1320 g/mol. The first-order chi connectivity index (χ1) is 51.0. The topological polar surface area (TPSA) is 49.0 Å². The number of rotatable bonds is 5. The SMILES string of the molecule is Brc1ccc2c(c1)-c1ccccc1-c1ccccc1O2.c1ccc(-n2c3ccccc3c3cc(-c4ccc5[nH]c6ccccc6c5c4)ccc32)cc1.c1ccc(-n2c3ccccc3c3cc(-c4ccc5c(c4)c4ccccc4n5-c4ccc5c(c4)-c4ccccc4-c4ccccc4O5)ccc32)cc1. The largest absolute Gasteiger partial charge is 0.456 e. The maximum absolute atomic E-state index is 6.57. The monoisotopic (exact) mass is 1380 g/mol. The van der Waals surface area contributed by atoms with Crippen LogP contribution < -0.4 is 9.47 Å². The quantitative estimate of drug-likeness (QED) is 0.187. The summed E-state index contributed by atoms with van der Waals surface area (Å²) in [6, 6.07) is 130. The standard InChI is InChI=1S/C48H30N2O.C30H20N2.C18H11BrO/c1-2-12-33(13-3-1)49-43-19-9-6-16-37(43)40-28-31(22-25-45(40)49)32-23-26-46-41(29-32)38-17-7-10-20-44(38)50(46)34-24-27-48-42(30-34)36-15-5-4-14-35(36)39-18-8-11-21-47(39)51-48;1-2-8-22(9-3-1)32-29-13-7-5-11-24(29)26-19-21(15-17-30(26)32)20-14-16-28-25(18-20)23-10-4-6-12-27(23)31-28;19-12-9-10-18-16(11-12)14-6-2-1-5-13(14)15-7-3-4-8-17(15)20-18/h1-30H;1-19,31H;1-11H. The van der Waals surface area contributed by atoms with E-state index >= 15 is 0 Å². The summed E-state index contributed by atoms with van der Waals surface area (Å²) in [6.07, 6.45) is 0. The third-order valence-electron chi connectivity index (χ3n) is 20.6. The number of ether oxygens (including phenoxy) is 2. The summed E-state index contributed by atoms with van der Waals surface area (Å²) >= 11 is 3.55. The number of fused-ring (bicyclic) bond motifs is 22. The predicted molar refractivity (Wildman–Crippen MR) is 432 cm³/mol. The van der Waals surface area contributed by atoms with Gasteiger partial charge in [-0.05, 0) is 190 Å². The number of para-hydroxylation sites is 8. The lowest BCUT2D eigenvalue weighted by Crippen LogP contribution is -1.96. The van der Waals surface area contributed by atoms with Gasteiger partial charge in [-0.1, -0.05) is 234 Å². The fourth-order valence-corrected chi connectivity index (χ4v) is 16.3. The number of hydrogen-bond acceptors (Lipinski definition) is 2. The van der Waals surface area contributed by atoms with Gasteiger partial charge >= 0.3 is 0 Å². The van der Waals surface area contributed by atoms with Gasteiger partial charge in [-0.15, -0.1) is 0 Å². The van der Waals surface area contributed by atoms with Crippen molar-refractivity contribution in [2.75, 3.05) is 0 Å². The molecule has 16 aromatic carbocycles. The van der Waals surface area contributed by atoms with Gasteiger partial charge in [0.05, 0.1) is 33.1 Å². The van der Waals surface area contributed by atoms with Crippen LogP contribution in [0.25, 0.3) is 171 Å². The van der Waals surface area contributed by atoms with E-state index in [1.807, 2.05) is 36.4 Å². The highest BCUT2D eigenvalue weighted by Crippen LogP contribution is 2.50. The minimum Gasteiger partial charge on any atom is -0.456 e. The molecule has 2 aliphatic rings. The predicted octanol–water partition coefficient (Wildman–Crippen LogP) is 27.0. The van der Waals surface area contributed by atoms with E-state index in [0.29, 0.717) is 0 Å². The van der Waals surface area contributed by atoms with Crippen LogP contribution in [-0.2, 0) is 0 Å². The Balaban J connectivity index is 0.000000115. The van der Waals surface area contributed by atoms with Crippen molar-refractivity contribution in [1.29, 1.82) is 0 Å². The van der Waals surface area contributed by atoms with E-state index in [2.05, 4.69) is 362 Å². The van der Waals surface area contributed by atoms with Crippen LogP contribution in [-0.4, -0.2) is 18.7 Å². The molecule has 6 heterocycles. The molecule has 0 bridgehead atoms. The Kier molecular flexibility index (Phi) is 14.3. The first kappa shape index (κ1) is 59.8. The van der Waals surface area contributed by atoms with E-state index in [0.717, 1.165) is 55.4 Å². The van der Waals surface area contributed by atoms with Crippen molar-refractivity contribution >= 4 is 103 Å². The van der Waals surface area contributed by atoms with Crippen molar-refractivity contribution in [2.24, 2.45) is 0 Å². The summed E-state index contributed by atoms with van der Waals surface area (Å²) in [5.41, 5.74) is 27.1. The summed E-state index contributed by atoms with van der Waals surface area (Å²) in [4.78, 5) is 3.53. The van der Waals surface area contributed by atoms with E-state index in [-0.39, 0.29) is 0 Å². The minimum absolute atomic E-state index is 0.864. The molecule has 0 atom stereocenters. The zero-order valence-electron chi connectivity index (χ0n) is 55.7. The number of aromatic amines is 1. The van der Waals surface area contributed by atoms with E-state index in [4.69, 9.17) is 9.47 Å². The van der Waals surface area contributed by atoms with Crippen LogP contribution in [0.15, 0.2) is 368 Å². The summed E-state index contributed by atoms with van der Waals surface area (Å²) in [7, 11) is 0. The number of aromatic nitrogens is 4. The van der Waals surface area contributed by atoms with E-state index in [1.165, 1.54) is 143 Å². The zero-order valence-corrected chi connectivity index (χ0v) is 57.3. The van der Waals surface area contributed by atoms with Crippen molar-refractivity contribution in [3.63, 3.8) is 0 Å². The van der Waals surface area contributed by atoms with Gasteiger partial charge in [-0.25, -0.2) is 0 Å². The molecule has 22 rings (SSSR count). The Bertz CT molecular complexity index is 6770. The number of hydrogen-bond donors (Lipinski definition) is 1. The van der Waals surface area contributed by atoms with Crippen molar-refractivity contribution in [2.45, 2.75) is 0 Å². The molecule has 0 saturated heterocycles. The molecule has 0 fully saturated rings. The van der Waals surface area contributed by atoms with Gasteiger partial charge in [0.1, 0.15) is 23.0 Å². The molecule has 0 unspecified atom stereocenters. The van der Waals surface area contributed by atoms with Crippen LogP contribution in [0.1, 0.15) is 0 Å². The molecule has 0 saturated carbocycles. The molecule has 6 nitrogen and oxygen atoms in total. The van der Waals surface area contributed by atoms with Gasteiger partial charge in [0, 0.05) is 97.9 Å². The third-order valence-corrected chi connectivity index (χ3v) is 21.1. The summed E-state index contributed by atoms with van der Waals surface area (Å²) in [5, 5.41) is 10.1. The minimum atomic E-state index is 0.864. The van der Waals surface area contributed by atoms with Crippen molar-refractivity contribution in [1.82, 2.24) is 18.7 Å². The van der Waals surface area contributed by atoms with E-state index in [1.54, 1.807) is 0 Å². The summed E-state index contributed by atoms with van der Waals surface area (Å²) in [6.45, 7) is 0. The van der Waals surface area contributed by atoms with Gasteiger partial charge < -0.3 is 28.2 Å². The first-order valence-corrected chi connectivity index (χ1v) is 35.7. The van der Waals surface area contributed by atoms with Gasteiger partial charge in [0.25, 0.3) is 0 Å². The average molecular weight is 1380 g/mol. The fraction of sp³-hybridized carbons (Fsp3) is 0. The normalized spacial score (nSPS) is 11.9. The molecule has 0 amide bonds. The van der Waals surface area contributed by atoms with Crippen LogP contribution in [0.5, 0.6) is 23.0 Å². The van der Waals surface area contributed by atoms with Crippen molar-refractivity contribution in [3.05, 3.63) is 368 Å². The molecule has 20 aromatic rings. The lowest BCUT2D eigenvalue weighted by Gasteiger charge is -2.14. The Morgan fingerprint density at radius 1 is 0.204 bits per heavy atom. The van der Waals surface area contributed by atoms with E-state index < -0.39 is 0 Å². The lowest BCUT2D eigenvalue weighted by atomic mass is 9.94. The lowest BCUT2D eigenvalue weighted by molar-refractivity contribution is 0.487. The molecule has 103 heavy (non-hydrogen) atoms. The molecule has 0 aliphatic carbocycles. The summed E-state index contributed by atoms with van der Waals surface area (Å²) < 4.78 is 20.9. The van der Waals surface area contributed by atoms with E-state index in [9.17, 15) is 0 Å². The van der Waals surface area contributed by atoms with Gasteiger partial charge in [0.15, 0.2) is 0 Å². The molecule has 0 radical (unpaired) electrons. The van der Waals surface area contributed by atoms with Gasteiger partial charge in [-0.3, -0.25) is 0 Å². The first-order valence-electron chi connectivity index (χ1n) is 34.9. The number of halogens is 1. The Labute approximate surface area is 602 Å². The second-order valence-corrected chi connectivity index (χ2v) is 27.4. The molecule has 4 aromatic heterocycles. The maximum Gasteiger partial charge on any atom is 0.135 e. The number of H-pyrrole nitrogens is 1. The average Bonchev–Trinajstić information content (AvgIpc) is 1.59. The molecule has 484 valence electrons. The number of nitrogens with zero attached hydrogens (tertiary/aromatic N) is 3. The smallest absolute Gasteiger partial charge is 0.135 e. The highest BCUT2D eigenvalue weighted by atomic mass is 79.9. The van der Waals surface area contributed by atoms with Crippen LogP contribution in [0, 0.1) is 0 Å². The van der Waals surface area contributed by atoms with Crippen molar-refractivity contribution < 1.29 is 9.47 Å². The highest BCUT2D eigenvalue weighted by molar-refractivity contribution is 9.10. The van der Waals surface area contributed by atoms with Crippen LogP contribution in [0.4, 0.5) is 0 Å². The number of nitrogens with one attached hydrogen (secondary N) is 1. The van der Waals surface area contributed by atoms with Crippen LogP contribution in [0.2, 0.25) is 0 Å². The van der Waals surface area contributed by atoms with Crippen molar-refractivity contribution in [3.8, 4) is 107 Å². The highest BCUT2D eigenvalue weighted by Gasteiger charge is 2.25. The molecule has 2 aliphatic heterocycles. The maximum atomic E-state index is 6.57. The zero-order chi connectivity index (χ0) is 68.1. The summed E-state index contributed by atoms with van der Waals surface area (Å²) in [5.74, 6) is 3.54. The molecular formula is C96H61BrN4O2. The Morgan fingerprint density at radius 2 is 0.534 bits per heavy atom. The molecule has 1 N–H and O–H groups in total. The fourth-order valence-electron chi connectivity index (χ4n) is 15.9. The molecule has 0 spiro atoms. The Morgan fingerprint density at radius 3 is 1.02 bits per heavy atom. The second-order valence-electron chi connectivity index (χ2n) is 26.5. The van der Waals surface area contributed by atoms with Gasteiger partial charge in [0.2, 0.25) is 0 Å². The second kappa shape index (κ2) is 24.6. The van der Waals surface area contributed by atoms with Crippen LogP contribution in [0.3, 0.4) is 0 Å². The Hall–Kier alpha value is -13.2. The number of benzene rings is 16. The molecule has 7 heteroatoms.